The number of allylic oxidation sites excluding steroid dienone is 6. The first-order valence-corrected chi connectivity index (χ1v) is 12.4. The molecule has 186 valence electrons. The fourth-order valence-corrected chi connectivity index (χ4v) is 4.56. The maximum absolute atomic E-state index is 13.3. The van der Waals surface area contributed by atoms with Crippen molar-refractivity contribution in [3.63, 3.8) is 0 Å². The van der Waals surface area contributed by atoms with E-state index < -0.39 is 12.0 Å². The van der Waals surface area contributed by atoms with E-state index in [1.54, 1.807) is 6.08 Å². The predicted octanol–water partition coefficient (Wildman–Crippen LogP) is 5.77. The van der Waals surface area contributed by atoms with E-state index >= 15 is 0 Å². The fraction of sp³-hybridized carbons (Fsp3) is 0.312. The van der Waals surface area contributed by atoms with Crippen LogP contribution in [0.2, 0.25) is 0 Å². The Bertz CT molecular complexity index is 1370. The molecule has 0 fully saturated rings. The highest BCUT2D eigenvalue weighted by Gasteiger charge is 2.30. The van der Waals surface area contributed by atoms with Crippen LogP contribution < -0.4 is 19.7 Å². The molecule has 2 aliphatic heterocycles. The van der Waals surface area contributed by atoms with E-state index in [4.69, 9.17) is 9.47 Å². The SMILES string of the molecule is CC(C)(C)C1=C/C(=C\C2=C([O-])C(/C=C3\C=C(C(C)(C)C)Oc4ccccc43)C2[O-])c2ccccc2O1. The number of hydrogen-bond acceptors (Lipinski definition) is 4. The lowest BCUT2D eigenvalue weighted by atomic mass is 9.77. The van der Waals surface area contributed by atoms with Gasteiger partial charge in [-0.15, -0.1) is 5.76 Å². The Morgan fingerprint density at radius 2 is 1.19 bits per heavy atom. The van der Waals surface area contributed by atoms with Gasteiger partial charge in [0.15, 0.2) is 0 Å². The van der Waals surface area contributed by atoms with Crippen LogP contribution in [-0.2, 0) is 0 Å². The van der Waals surface area contributed by atoms with Crippen LogP contribution >= 0.6 is 0 Å². The van der Waals surface area contributed by atoms with Gasteiger partial charge >= 0.3 is 0 Å². The van der Waals surface area contributed by atoms with Crippen molar-refractivity contribution in [1.82, 2.24) is 0 Å². The first-order chi connectivity index (χ1) is 16.9. The molecule has 0 saturated heterocycles. The van der Waals surface area contributed by atoms with Crippen molar-refractivity contribution in [2.75, 3.05) is 0 Å². The number of para-hydroxylation sites is 2. The van der Waals surface area contributed by atoms with Crippen molar-refractivity contribution >= 4 is 11.1 Å². The average molecular weight is 481 g/mol. The van der Waals surface area contributed by atoms with Crippen LogP contribution in [0.3, 0.4) is 0 Å². The van der Waals surface area contributed by atoms with Crippen LogP contribution in [0.4, 0.5) is 0 Å². The van der Waals surface area contributed by atoms with Crippen LogP contribution in [0.15, 0.2) is 95.7 Å². The number of fused-ring (bicyclic) bond motifs is 2. The second-order valence-electron chi connectivity index (χ2n) is 11.7. The summed E-state index contributed by atoms with van der Waals surface area (Å²) in [6, 6.07) is 15.5. The fourth-order valence-electron chi connectivity index (χ4n) is 4.56. The molecule has 4 heteroatoms. The van der Waals surface area contributed by atoms with E-state index in [1.807, 2.05) is 66.8 Å². The highest BCUT2D eigenvalue weighted by Crippen LogP contribution is 2.44. The Balaban J connectivity index is 1.55. The smallest absolute Gasteiger partial charge is 0.134 e. The molecule has 2 aromatic carbocycles. The van der Waals surface area contributed by atoms with Crippen molar-refractivity contribution in [2.24, 2.45) is 16.7 Å². The lowest BCUT2D eigenvalue weighted by Gasteiger charge is -2.49. The first kappa shape index (κ1) is 24.2. The summed E-state index contributed by atoms with van der Waals surface area (Å²) in [4.78, 5) is 0. The van der Waals surface area contributed by atoms with Crippen molar-refractivity contribution < 1.29 is 19.7 Å². The molecule has 2 heterocycles. The molecule has 5 rings (SSSR count). The van der Waals surface area contributed by atoms with Gasteiger partial charge in [0, 0.05) is 22.0 Å². The number of ether oxygens (including phenoxy) is 2. The summed E-state index contributed by atoms with van der Waals surface area (Å²) in [5.41, 5.74) is 3.38. The molecule has 2 atom stereocenters. The van der Waals surface area contributed by atoms with Crippen LogP contribution in [0.5, 0.6) is 11.5 Å². The summed E-state index contributed by atoms with van der Waals surface area (Å²) in [7, 11) is 0. The van der Waals surface area contributed by atoms with E-state index in [0.717, 1.165) is 45.3 Å². The van der Waals surface area contributed by atoms with Gasteiger partial charge in [-0.25, -0.2) is 0 Å². The monoisotopic (exact) mass is 480 g/mol. The third-order valence-electron chi connectivity index (χ3n) is 6.78. The minimum atomic E-state index is -1.12. The molecular weight excluding hydrogens is 448 g/mol. The molecule has 2 unspecified atom stereocenters. The third kappa shape index (κ3) is 4.31. The Morgan fingerprint density at radius 1 is 0.722 bits per heavy atom. The van der Waals surface area contributed by atoms with Gasteiger partial charge in [0.05, 0.1) is 0 Å². The topological polar surface area (TPSA) is 64.6 Å². The minimum Gasteiger partial charge on any atom is -0.875 e. The standard InChI is InChI=1S/C32H33O4/c1-31(2,3)27-17-19(21-11-7-9-13-25(21)35-27)15-23-29(33)24(30(23)34)16-20-18-28(32(4,5)6)36-26-14-10-8-12-22(20)26/h7-18,23,29,34H,1-6H3/q-1/p-1/b19-15+,20-16+. The van der Waals surface area contributed by atoms with Crippen molar-refractivity contribution in [2.45, 2.75) is 47.6 Å². The molecule has 0 bridgehead atoms. The van der Waals surface area contributed by atoms with E-state index in [0.29, 0.717) is 5.57 Å². The molecule has 0 radical (unpaired) electrons. The van der Waals surface area contributed by atoms with E-state index in [9.17, 15) is 10.2 Å². The van der Waals surface area contributed by atoms with Crippen LogP contribution in [0.1, 0.15) is 52.7 Å². The zero-order valence-corrected chi connectivity index (χ0v) is 21.7. The van der Waals surface area contributed by atoms with E-state index in [2.05, 4.69) is 41.5 Å². The predicted molar refractivity (Wildman–Crippen MR) is 139 cm³/mol. The highest BCUT2D eigenvalue weighted by molar-refractivity contribution is 5.83. The number of hydrogen-bond donors (Lipinski definition) is 0. The van der Waals surface area contributed by atoms with Crippen LogP contribution in [0, 0.1) is 16.7 Å². The molecule has 0 amide bonds. The lowest BCUT2D eigenvalue weighted by Crippen LogP contribution is -2.48. The molecular formula is C32H32O4-2. The molecule has 36 heavy (non-hydrogen) atoms. The van der Waals surface area contributed by atoms with Crippen molar-refractivity contribution in [1.29, 1.82) is 0 Å². The molecule has 0 spiro atoms. The van der Waals surface area contributed by atoms with Crippen LogP contribution in [0.25, 0.3) is 11.1 Å². The quantitative estimate of drug-likeness (QED) is 0.547. The number of rotatable bonds is 2. The number of benzene rings is 2. The van der Waals surface area contributed by atoms with Crippen LogP contribution in [-0.4, -0.2) is 6.10 Å². The summed E-state index contributed by atoms with van der Waals surface area (Å²) in [5, 5.41) is 26.6. The first-order valence-electron chi connectivity index (χ1n) is 12.4. The van der Waals surface area contributed by atoms with Gasteiger partial charge in [0.25, 0.3) is 0 Å². The maximum atomic E-state index is 13.3. The molecule has 0 saturated carbocycles. The van der Waals surface area contributed by atoms with Gasteiger partial charge in [-0.1, -0.05) is 102 Å². The van der Waals surface area contributed by atoms with Gasteiger partial charge in [-0.05, 0) is 41.3 Å². The minimum absolute atomic E-state index is 0.126. The Hall–Kier alpha value is -3.50. The van der Waals surface area contributed by atoms with E-state index in [1.165, 1.54) is 0 Å². The summed E-state index contributed by atoms with van der Waals surface area (Å²) >= 11 is 0. The molecule has 3 aliphatic rings. The lowest BCUT2D eigenvalue weighted by molar-refractivity contribution is -0.444. The van der Waals surface area contributed by atoms with Crippen molar-refractivity contribution in [3.05, 3.63) is 107 Å². The Labute approximate surface area is 213 Å². The zero-order chi connectivity index (χ0) is 25.8. The largest absolute Gasteiger partial charge is 0.875 e. The molecule has 0 N–H and O–H groups in total. The van der Waals surface area contributed by atoms with Crippen molar-refractivity contribution in [3.8, 4) is 11.5 Å². The zero-order valence-electron chi connectivity index (χ0n) is 21.7. The highest BCUT2D eigenvalue weighted by atomic mass is 16.5. The summed E-state index contributed by atoms with van der Waals surface area (Å²) in [6.45, 7) is 12.5. The molecule has 2 aromatic rings. The summed E-state index contributed by atoms with van der Waals surface area (Å²) in [6.07, 6.45) is 6.38. The normalized spacial score (nSPS) is 23.8. The second kappa shape index (κ2) is 8.56. The van der Waals surface area contributed by atoms with E-state index in [-0.39, 0.29) is 16.6 Å². The second-order valence-corrected chi connectivity index (χ2v) is 11.7. The summed E-state index contributed by atoms with van der Waals surface area (Å²) < 4.78 is 12.3. The molecule has 1 aliphatic carbocycles. The molecule has 4 nitrogen and oxygen atoms in total. The van der Waals surface area contributed by atoms with Gasteiger partial charge in [-0.2, -0.15) is 0 Å². The summed E-state index contributed by atoms with van der Waals surface area (Å²) in [5.74, 6) is 2.26. The third-order valence-corrected chi connectivity index (χ3v) is 6.78. The van der Waals surface area contributed by atoms with Gasteiger partial charge in [0.1, 0.15) is 23.0 Å². The van der Waals surface area contributed by atoms with Gasteiger partial charge in [-0.3, -0.25) is 0 Å². The Kier molecular flexibility index (Phi) is 5.76. The average Bonchev–Trinajstić information content (AvgIpc) is 2.84. The Morgan fingerprint density at radius 3 is 1.69 bits per heavy atom. The molecule has 0 aromatic heterocycles. The maximum Gasteiger partial charge on any atom is 0.134 e. The van der Waals surface area contributed by atoms with Gasteiger partial charge < -0.3 is 19.7 Å². The van der Waals surface area contributed by atoms with Gasteiger partial charge in [0.2, 0.25) is 0 Å².